The van der Waals surface area contributed by atoms with E-state index in [1.807, 2.05) is 23.9 Å². The van der Waals surface area contributed by atoms with Crippen LogP contribution in [0.15, 0.2) is 53.6 Å². The number of thioether (sulfide) groups is 1. The summed E-state index contributed by atoms with van der Waals surface area (Å²) in [5.74, 6) is 0.920. The van der Waals surface area contributed by atoms with E-state index < -0.39 is 0 Å². The Kier molecular flexibility index (Phi) is 4.98. The fourth-order valence-corrected chi connectivity index (χ4v) is 2.30. The second-order valence-electron chi connectivity index (χ2n) is 3.97. The molecule has 0 unspecified atom stereocenters. The molecule has 2 aromatic rings. The number of rotatable bonds is 5. The summed E-state index contributed by atoms with van der Waals surface area (Å²) >= 11 is 1.81. The van der Waals surface area contributed by atoms with Crippen LogP contribution in [0.5, 0.6) is 0 Å². The summed E-state index contributed by atoms with van der Waals surface area (Å²) in [5, 5.41) is 2.86. The molecule has 0 aliphatic carbocycles. The van der Waals surface area contributed by atoms with Crippen molar-refractivity contribution in [3.05, 3.63) is 59.9 Å². The van der Waals surface area contributed by atoms with Gasteiger partial charge in [0.2, 0.25) is 0 Å². The molecule has 0 fully saturated rings. The van der Waals surface area contributed by atoms with E-state index in [4.69, 9.17) is 0 Å². The molecule has 0 bridgehead atoms. The average Bonchev–Trinajstić information content (AvgIpc) is 2.47. The summed E-state index contributed by atoms with van der Waals surface area (Å²) in [7, 11) is 0. The lowest BCUT2D eigenvalue weighted by Crippen LogP contribution is -2.23. The van der Waals surface area contributed by atoms with Crippen molar-refractivity contribution in [1.82, 2.24) is 10.3 Å². The Morgan fingerprint density at radius 3 is 2.63 bits per heavy atom. The molecule has 4 heteroatoms. The predicted octanol–water partition coefficient (Wildman–Crippen LogP) is 3.12. The molecule has 2 rings (SSSR count). The van der Waals surface area contributed by atoms with Crippen molar-refractivity contribution in [2.75, 3.05) is 5.75 Å². The number of hydrogen-bond acceptors (Lipinski definition) is 3. The minimum Gasteiger partial charge on any atom is -0.347 e. The Morgan fingerprint density at radius 1 is 1.21 bits per heavy atom. The van der Waals surface area contributed by atoms with E-state index in [1.165, 1.54) is 4.90 Å². The van der Waals surface area contributed by atoms with E-state index in [0.717, 1.165) is 11.3 Å². The lowest BCUT2D eigenvalue weighted by atomic mass is 10.2. The van der Waals surface area contributed by atoms with E-state index in [1.54, 1.807) is 24.4 Å². The summed E-state index contributed by atoms with van der Waals surface area (Å²) in [6.07, 6.45) is 1.62. The van der Waals surface area contributed by atoms with Crippen LogP contribution in [0.2, 0.25) is 0 Å². The highest BCUT2D eigenvalue weighted by Crippen LogP contribution is 2.17. The van der Waals surface area contributed by atoms with Crippen LogP contribution in [-0.4, -0.2) is 16.6 Å². The number of carbonyl (C=O) groups is 1. The van der Waals surface area contributed by atoms with Gasteiger partial charge in [-0.05, 0) is 35.6 Å². The Hall–Kier alpha value is -1.81. The van der Waals surface area contributed by atoms with Crippen molar-refractivity contribution >= 4 is 17.7 Å². The maximum absolute atomic E-state index is 11.8. The summed E-state index contributed by atoms with van der Waals surface area (Å²) in [6.45, 7) is 2.65. The minimum absolute atomic E-state index is 0.146. The smallest absolute Gasteiger partial charge is 0.270 e. The van der Waals surface area contributed by atoms with Gasteiger partial charge in [-0.25, -0.2) is 0 Å². The molecule has 1 heterocycles. The van der Waals surface area contributed by atoms with Crippen LogP contribution in [-0.2, 0) is 6.54 Å². The Balaban J connectivity index is 1.90. The Morgan fingerprint density at radius 2 is 2.00 bits per heavy atom. The lowest BCUT2D eigenvalue weighted by molar-refractivity contribution is 0.0946. The minimum atomic E-state index is -0.146. The maximum atomic E-state index is 11.8. The van der Waals surface area contributed by atoms with Crippen molar-refractivity contribution in [2.24, 2.45) is 0 Å². The zero-order valence-corrected chi connectivity index (χ0v) is 11.6. The monoisotopic (exact) mass is 272 g/mol. The van der Waals surface area contributed by atoms with Gasteiger partial charge in [-0.15, -0.1) is 11.8 Å². The van der Waals surface area contributed by atoms with Crippen LogP contribution in [0.1, 0.15) is 23.0 Å². The van der Waals surface area contributed by atoms with Gasteiger partial charge in [-0.2, -0.15) is 0 Å². The molecule has 3 nitrogen and oxygen atoms in total. The van der Waals surface area contributed by atoms with Gasteiger partial charge in [0, 0.05) is 17.6 Å². The highest BCUT2D eigenvalue weighted by atomic mass is 32.2. The van der Waals surface area contributed by atoms with Crippen LogP contribution < -0.4 is 5.32 Å². The van der Waals surface area contributed by atoms with Crippen molar-refractivity contribution in [1.29, 1.82) is 0 Å². The molecule has 0 radical (unpaired) electrons. The highest BCUT2D eigenvalue weighted by Gasteiger charge is 2.05. The molecular weight excluding hydrogens is 256 g/mol. The molecule has 1 amide bonds. The predicted molar refractivity (Wildman–Crippen MR) is 78.2 cm³/mol. The quantitative estimate of drug-likeness (QED) is 0.850. The number of aromatic nitrogens is 1. The molecule has 0 saturated heterocycles. The molecule has 0 saturated carbocycles. The molecule has 0 atom stereocenters. The molecule has 1 aromatic carbocycles. The molecule has 1 aromatic heterocycles. The topological polar surface area (TPSA) is 42.0 Å². The van der Waals surface area contributed by atoms with E-state index >= 15 is 0 Å². The maximum Gasteiger partial charge on any atom is 0.270 e. The van der Waals surface area contributed by atoms with Gasteiger partial charge in [-0.1, -0.05) is 25.1 Å². The third kappa shape index (κ3) is 4.10. The molecular formula is C15H16N2OS. The Bertz CT molecular complexity index is 526. The second-order valence-corrected chi connectivity index (χ2v) is 5.31. The number of pyridine rings is 1. The van der Waals surface area contributed by atoms with Crippen molar-refractivity contribution in [3.8, 4) is 0 Å². The van der Waals surface area contributed by atoms with Crippen LogP contribution >= 0.6 is 11.8 Å². The first-order chi connectivity index (χ1) is 9.29. The third-order valence-corrected chi connectivity index (χ3v) is 3.48. The first kappa shape index (κ1) is 13.6. The van der Waals surface area contributed by atoms with Crippen LogP contribution in [0.3, 0.4) is 0 Å². The molecule has 98 valence electrons. The highest BCUT2D eigenvalue weighted by molar-refractivity contribution is 7.99. The molecule has 19 heavy (non-hydrogen) atoms. The van der Waals surface area contributed by atoms with Crippen molar-refractivity contribution < 1.29 is 4.79 Å². The molecule has 0 spiro atoms. The fraction of sp³-hybridized carbons (Fsp3) is 0.200. The number of benzene rings is 1. The summed E-state index contributed by atoms with van der Waals surface area (Å²) in [5.41, 5.74) is 1.53. The lowest BCUT2D eigenvalue weighted by Gasteiger charge is -2.05. The summed E-state index contributed by atoms with van der Waals surface area (Å²) < 4.78 is 0. The number of hydrogen-bond donors (Lipinski definition) is 1. The van der Waals surface area contributed by atoms with Gasteiger partial charge in [0.15, 0.2) is 0 Å². The normalized spacial score (nSPS) is 10.2. The van der Waals surface area contributed by atoms with Gasteiger partial charge < -0.3 is 5.32 Å². The fourth-order valence-electron chi connectivity index (χ4n) is 1.64. The molecule has 0 aliphatic heterocycles. The van der Waals surface area contributed by atoms with E-state index in [9.17, 15) is 4.79 Å². The van der Waals surface area contributed by atoms with E-state index in [-0.39, 0.29) is 5.91 Å². The first-order valence-corrected chi connectivity index (χ1v) is 7.19. The number of amides is 1. The van der Waals surface area contributed by atoms with Crippen molar-refractivity contribution in [3.63, 3.8) is 0 Å². The summed E-state index contributed by atoms with van der Waals surface area (Å²) in [6, 6.07) is 13.5. The van der Waals surface area contributed by atoms with Gasteiger partial charge in [0.1, 0.15) is 5.69 Å². The standard InChI is InChI=1S/C15H16N2OS/c1-2-19-13-8-6-12(7-9-13)11-17-15(18)14-5-3-4-10-16-14/h3-10H,2,11H2,1H3,(H,17,18). The first-order valence-electron chi connectivity index (χ1n) is 6.20. The zero-order valence-electron chi connectivity index (χ0n) is 10.8. The van der Waals surface area contributed by atoms with Gasteiger partial charge >= 0.3 is 0 Å². The van der Waals surface area contributed by atoms with Gasteiger partial charge in [-0.3, -0.25) is 9.78 Å². The van der Waals surface area contributed by atoms with E-state index in [0.29, 0.717) is 12.2 Å². The molecule has 0 aliphatic rings. The van der Waals surface area contributed by atoms with Crippen LogP contribution in [0.4, 0.5) is 0 Å². The van der Waals surface area contributed by atoms with Crippen LogP contribution in [0.25, 0.3) is 0 Å². The third-order valence-electron chi connectivity index (χ3n) is 2.58. The van der Waals surface area contributed by atoms with Gasteiger partial charge in [0.25, 0.3) is 5.91 Å². The summed E-state index contributed by atoms with van der Waals surface area (Å²) in [4.78, 5) is 17.1. The number of carbonyl (C=O) groups excluding carboxylic acids is 1. The van der Waals surface area contributed by atoms with Crippen LogP contribution in [0, 0.1) is 0 Å². The average molecular weight is 272 g/mol. The van der Waals surface area contributed by atoms with Crippen molar-refractivity contribution in [2.45, 2.75) is 18.4 Å². The number of nitrogens with zero attached hydrogens (tertiary/aromatic N) is 1. The molecule has 1 N–H and O–H groups in total. The van der Waals surface area contributed by atoms with E-state index in [2.05, 4.69) is 29.4 Å². The number of nitrogens with one attached hydrogen (secondary N) is 1. The largest absolute Gasteiger partial charge is 0.347 e. The van der Waals surface area contributed by atoms with Gasteiger partial charge in [0.05, 0.1) is 0 Å². The SMILES string of the molecule is CCSc1ccc(CNC(=O)c2ccccn2)cc1. The second kappa shape index (κ2) is 6.95. The zero-order chi connectivity index (χ0) is 13.5. The Labute approximate surface area is 117 Å².